The van der Waals surface area contributed by atoms with Crippen LogP contribution in [0.5, 0.6) is 0 Å². The average Bonchev–Trinajstić information content (AvgIpc) is 2.06. The molecule has 0 N–H and O–H groups in total. The van der Waals surface area contributed by atoms with Crippen molar-refractivity contribution in [3.8, 4) is 0 Å². The summed E-state index contributed by atoms with van der Waals surface area (Å²) in [6.45, 7) is 1.68. The third-order valence-electron chi connectivity index (χ3n) is 1.65. The molecular weight excluding hydrogens is 226 g/mol. The highest BCUT2D eigenvalue weighted by Gasteiger charge is 2.07. The van der Waals surface area contributed by atoms with Gasteiger partial charge in [0.15, 0.2) is 0 Å². The summed E-state index contributed by atoms with van der Waals surface area (Å²) in [6, 6.07) is 1.64. The number of nitrogens with zero attached hydrogens (tertiary/aromatic N) is 1. The first-order valence-corrected chi connectivity index (χ1v) is 6.04. The van der Waals surface area contributed by atoms with Gasteiger partial charge in [0.25, 0.3) is 10.1 Å². The van der Waals surface area contributed by atoms with E-state index in [2.05, 4.69) is 9.17 Å². The van der Waals surface area contributed by atoms with E-state index in [0.717, 1.165) is 11.8 Å². The first kappa shape index (κ1) is 11.4. The van der Waals surface area contributed by atoms with Crippen LogP contribution in [-0.2, 0) is 20.9 Å². The summed E-state index contributed by atoms with van der Waals surface area (Å²) in [6.07, 6.45) is 2.50. The first-order valence-electron chi connectivity index (χ1n) is 3.84. The lowest BCUT2D eigenvalue weighted by Gasteiger charge is -2.05. The molecule has 4 nitrogen and oxygen atoms in total. The standard InChI is InChI=1S/C8H10ClNO3S/c1-6-7(9)3-4-10-8(6)5-13-14(2,11)12/h3-4H,5H2,1-2H3. The predicted molar refractivity (Wildman–Crippen MR) is 53.6 cm³/mol. The predicted octanol–water partition coefficient (Wildman–Crippen LogP) is 1.52. The zero-order valence-corrected chi connectivity index (χ0v) is 9.39. The van der Waals surface area contributed by atoms with Gasteiger partial charge in [-0.05, 0) is 18.6 Å². The molecule has 14 heavy (non-hydrogen) atoms. The number of hydrogen-bond donors (Lipinski definition) is 0. The van der Waals surface area contributed by atoms with E-state index in [1.54, 1.807) is 13.0 Å². The van der Waals surface area contributed by atoms with Gasteiger partial charge in [-0.3, -0.25) is 9.17 Å². The number of hydrogen-bond acceptors (Lipinski definition) is 4. The van der Waals surface area contributed by atoms with E-state index in [1.807, 2.05) is 0 Å². The quantitative estimate of drug-likeness (QED) is 0.746. The Bertz CT molecular complexity index is 430. The van der Waals surface area contributed by atoms with Crippen molar-refractivity contribution in [2.75, 3.05) is 6.26 Å². The Balaban J connectivity index is 2.83. The van der Waals surface area contributed by atoms with Gasteiger partial charge >= 0.3 is 0 Å². The van der Waals surface area contributed by atoms with Gasteiger partial charge in [-0.25, -0.2) is 0 Å². The largest absolute Gasteiger partial charge is 0.264 e. The second-order valence-electron chi connectivity index (χ2n) is 2.83. The highest BCUT2D eigenvalue weighted by atomic mass is 35.5. The van der Waals surface area contributed by atoms with Gasteiger partial charge in [0.2, 0.25) is 0 Å². The summed E-state index contributed by atoms with van der Waals surface area (Å²) in [5, 5.41) is 0.548. The van der Waals surface area contributed by atoms with Gasteiger partial charge in [-0.2, -0.15) is 8.42 Å². The Morgan fingerprint density at radius 1 is 1.57 bits per heavy atom. The second-order valence-corrected chi connectivity index (χ2v) is 4.88. The van der Waals surface area contributed by atoms with Crippen molar-refractivity contribution in [3.63, 3.8) is 0 Å². The van der Waals surface area contributed by atoms with E-state index in [1.165, 1.54) is 6.20 Å². The Kier molecular flexibility index (Phi) is 3.47. The van der Waals surface area contributed by atoms with Crippen LogP contribution in [0, 0.1) is 6.92 Å². The Morgan fingerprint density at radius 2 is 2.21 bits per heavy atom. The molecular formula is C8H10ClNO3S. The smallest absolute Gasteiger partial charge is 0.264 e. The molecule has 1 aromatic rings. The minimum absolute atomic E-state index is 0.0781. The van der Waals surface area contributed by atoms with Crippen LogP contribution in [0.2, 0.25) is 5.02 Å². The molecule has 0 aliphatic rings. The van der Waals surface area contributed by atoms with Crippen LogP contribution in [0.25, 0.3) is 0 Å². The van der Waals surface area contributed by atoms with Gasteiger partial charge in [-0.15, -0.1) is 0 Å². The molecule has 0 saturated heterocycles. The fourth-order valence-corrected chi connectivity index (χ4v) is 1.35. The van der Waals surface area contributed by atoms with Gasteiger partial charge in [0.05, 0.1) is 11.9 Å². The zero-order chi connectivity index (χ0) is 10.8. The molecule has 0 saturated carbocycles. The van der Waals surface area contributed by atoms with Crippen molar-refractivity contribution in [1.29, 1.82) is 0 Å². The lowest BCUT2D eigenvalue weighted by molar-refractivity contribution is 0.306. The molecule has 0 atom stereocenters. The van der Waals surface area contributed by atoms with Crippen LogP contribution in [0.15, 0.2) is 12.3 Å². The highest BCUT2D eigenvalue weighted by Crippen LogP contribution is 2.17. The molecule has 0 spiro atoms. The van der Waals surface area contributed by atoms with E-state index in [9.17, 15) is 8.42 Å². The summed E-state index contributed by atoms with van der Waals surface area (Å²) in [7, 11) is -3.44. The van der Waals surface area contributed by atoms with Gasteiger partial charge < -0.3 is 0 Å². The molecule has 0 aromatic carbocycles. The molecule has 0 radical (unpaired) electrons. The molecule has 6 heteroatoms. The average molecular weight is 236 g/mol. The molecule has 0 fully saturated rings. The van der Waals surface area contributed by atoms with E-state index in [0.29, 0.717) is 10.7 Å². The topological polar surface area (TPSA) is 56.3 Å². The minimum Gasteiger partial charge on any atom is -0.264 e. The summed E-state index contributed by atoms with van der Waals surface area (Å²) < 4.78 is 26.0. The van der Waals surface area contributed by atoms with Crippen LogP contribution < -0.4 is 0 Å². The maximum Gasteiger partial charge on any atom is 0.264 e. The number of pyridine rings is 1. The third kappa shape index (κ3) is 3.25. The molecule has 1 rings (SSSR count). The highest BCUT2D eigenvalue weighted by molar-refractivity contribution is 7.85. The number of rotatable bonds is 3. The van der Waals surface area contributed by atoms with E-state index in [4.69, 9.17) is 11.6 Å². The van der Waals surface area contributed by atoms with Crippen LogP contribution in [-0.4, -0.2) is 19.7 Å². The molecule has 1 aromatic heterocycles. The molecule has 78 valence electrons. The second kappa shape index (κ2) is 4.25. The van der Waals surface area contributed by atoms with Gasteiger partial charge in [0.1, 0.15) is 6.61 Å². The molecule has 0 unspecified atom stereocenters. The molecule has 0 aliphatic carbocycles. The zero-order valence-electron chi connectivity index (χ0n) is 7.82. The third-order valence-corrected chi connectivity index (χ3v) is 2.61. The first-order chi connectivity index (χ1) is 6.40. The number of halogens is 1. The van der Waals surface area contributed by atoms with Crippen molar-refractivity contribution in [2.24, 2.45) is 0 Å². The minimum atomic E-state index is -3.44. The fraction of sp³-hybridized carbons (Fsp3) is 0.375. The van der Waals surface area contributed by atoms with Gasteiger partial charge in [-0.1, -0.05) is 11.6 Å². The van der Waals surface area contributed by atoms with Crippen molar-refractivity contribution in [1.82, 2.24) is 4.98 Å². The normalized spacial score (nSPS) is 11.6. The lowest BCUT2D eigenvalue weighted by Crippen LogP contribution is -2.05. The van der Waals surface area contributed by atoms with Crippen LogP contribution in [0.1, 0.15) is 11.3 Å². The summed E-state index contributed by atoms with van der Waals surface area (Å²) >= 11 is 5.82. The van der Waals surface area contributed by atoms with Gasteiger partial charge in [0, 0.05) is 11.2 Å². The maximum atomic E-state index is 10.7. The fourth-order valence-electron chi connectivity index (χ4n) is 0.861. The maximum absolute atomic E-state index is 10.7. The number of aromatic nitrogens is 1. The Labute approximate surface area is 88.0 Å². The van der Waals surface area contributed by atoms with Crippen molar-refractivity contribution in [2.45, 2.75) is 13.5 Å². The van der Waals surface area contributed by atoms with Crippen LogP contribution in [0.4, 0.5) is 0 Å². The molecule has 1 heterocycles. The molecule has 0 amide bonds. The van der Waals surface area contributed by atoms with E-state index >= 15 is 0 Å². The summed E-state index contributed by atoms with van der Waals surface area (Å²) in [5.41, 5.74) is 1.26. The lowest BCUT2D eigenvalue weighted by atomic mass is 10.2. The van der Waals surface area contributed by atoms with E-state index < -0.39 is 10.1 Å². The van der Waals surface area contributed by atoms with Crippen LogP contribution >= 0.6 is 11.6 Å². The van der Waals surface area contributed by atoms with Crippen LogP contribution in [0.3, 0.4) is 0 Å². The molecule has 0 aliphatic heterocycles. The van der Waals surface area contributed by atoms with Crippen molar-refractivity contribution in [3.05, 3.63) is 28.5 Å². The summed E-state index contributed by atoms with van der Waals surface area (Å²) in [4.78, 5) is 3.97. The Hall–Kier alpha value is -0.650. The van der Waals surface area contributed by atoms with E-state index in [-0.39, 0.29) is 6.61 Å². The SMILES string of the molecule is Cc1c(Cl)ccnc1COS(C)(=O)=O. The Morgan fingerprint density at radius 3 is 2.79 bits per heavy atom. The summed E-state index contributed by atoms with van der Waals surface area (Å²) in [5.74, 6) is 0. The monoisotopic (exact) mass is 235 g/mol. The van der Waals surface area contributed by atoms with Crippen molar-refractivity contribution < 1.29 is 12.6 Å². The molecule has 0 bridgehead atoms. The van der Waals surface area contributed by atoms with Crippen molar-refractivity contribution >= 4 is 21.7 Å².